The Labute approximate surface area is 124 Å². The first-order valence-corrected chi connectivity index (χ1v) is 7.39. The van der Waals surface area contributed by atoms with Gasteiger partial charge in [0.1, 0.15) is 0 Å². The lowest BCUT2D eigenvalue weighted by molar-refractivity contribution is -0.384. The van der Waals surface area contributed by atoms with E-state index in [0.29, 0.717) is 12.2 Å². The van der Waals surface area contributed by atoms with E-state index in [1.165, 1.54) is 18.2 Å². The highest BCUT2D eigenvalue weighted by atomic mass is 16.6. The summed E-state index contributed by atoms with van der Waals surface area (Å²) in [6, 6.07) is 4.24. The molecule has 1 atom stereocenters. The Bertz CT molecular complexity index is 545. The molecule has 1 heterocycles. The number of nitro groups is 1. The molecule has 0 bridgehead atoms. The maximum absolute atomic E-state index is 12.7. The minimum Gasteiger partial charge on any atom is -0.398 e. The molecule has 0 aromatic heterocycles. The lowest BCUT2D eigenvalue weighted by Crippen LogP contribution is -2.40. The Morgan fingerprint density at radius 2 is 2.19 bits per heavy atom. The molecule has 1 amide bonds. The van der Waals surface area contributed by atoms with Crippen molar-refractivity contribution < 1.29 is 9.72 Å². The number of rotatable bonds is 3. The molecule has 21 heavy (non-hydrogen) atoms. The lowest BCUT2D eigenvalue weighted by atomic mass is 10.1. The average molecular weight is 291 g/mol. The Morgan fingerprint density at radius 1 is 1.43 bits per heavy atom. The van der Waals surface area contributed by atoms with Crippen LogP contribution in [0.15, 0.2) is 18.2 Å². The molecule has 0 radical (unpaired) electrons. The number of carbonyl (C=O) groups excluding carboxylic acids is 1. The quantitative estimate of drug-likeness (QED) is 0.526. The third-order valence-electron chi connectivity index (χ3n) is 4.09. The predicted molar refractivity (Wildman–Crippen MR) is 81.1 cm³/mol. The third kappa shape index (κ3) is 3.32. The van der Waals surface area contributed by atoms with Gasteiger partial charge in [0.15, 0.2) is 0 Å². The second-order valence-electron chi connectivity index (χ2n) is 5.44. The summed E-state index contributed by atoms with van der Waals surface area (Å²) >= 11 is 0. The Kier molecular flexibility index (Phi) is 4.77. The number of non-ortho nitro benzene ring substituents is 1. The molecular formula is C15H21N3O3. The Morgan fingerprint density at radius 3 is 2.86 bits per heavy atom. The second kappa shape index (κ2) is 6.56. The molecule has 6 heteroatoms. The molecule has 1 saturated heterocycles. The van der Waals surface area contributed by atoms with Crippen LogP contribution in [0.1, 0.15) is 49.4 Å². The first kappa shape index (κ1) is 15.3. The largest absolute Gasteiger partial charge is 0.398 e. The molecular weight excluding hydrogens is 270 g/mol. The number of amides is 1. The standard InChI is InChI=1S/C15H21N3O3/c1-2-11-6-4-3-5-9-17(11)15(19)13-10-12(18(20)21)7-8-14(13)16/h7-8,10-11H,2-6,9,16H2,1H3. The van der Waals surface area contributed by atoms with Gasteiger partial charge in [0, 0.05) is 30.4 Å². The van der Waals surface area contributed by atoms with Crippen LogP contribution in [0.25, 0.3) is 0 Å². The van der Waals surface area contributed by atoms with E-state index in [1.807, 2.05) is 4.90 Å². The lowest BCUT2D eigenvalue weighted by Gasteiger charge is -2.29. The highest BCUT2D eigenvalue weighted by Gasteiger charge is 2.27. The van der Waals surface area contributed by atoms with Crippen LogP contribution in [-0.4, -0.2) is 28.3 Å². The summed E-state index contributed by atoms with van der Waals surface area (Å²) in [7, 11) is 0. The molecule has 2 rings (SSSR count). The summed E-state index contributed by atoms with van der Waals surface area (Å²) in [5.74, 6) is -0.190. The van der Waals surface area contributed by atoms with Crippen LogP contribution < -0.4 is 5.73 Å². The van der Waals surface area contributed by atoms with Crippen molar-refractivity contribution in [1.29, 1.82) is 0 Å². The molecule has 0 aliphatic carbocycles. The fourth-order valence-corrected chi connectivity index (χ4v) is 2.87. The smallest absolute Gasteiger partial charge is 0.270 e. The fourth-order valence-electron chi connectivity index (χ4n) is 2.87. The highest BCUT2D eigenvalue weighted by Crippen LogP contribution is 2.25. The number of benzene rings is 1. The van der Waals surface area contributed by atoms with Crippen molar-refractivity contribution in [2.75, 3.05) is 12.3 Å². The van der Waals surface area contributed by atoms with Gasteiger partial charge in [-0.3, -0.25) is 14.9 Å². The molecule has 1 unspecified atom stereocenters. The first-order chi connectivity index (χ1) is 10.0. The van der Waals surface area contributed by atoms with Gasteiger partial charge in [-0.25, -0.2) is 0 Å². The maximum atomic E-state index is 12.7. The van der Waals surface area contributed by atoms with Gasteiger partial charge in [0.25, 0.3) is 11.6 Å². The minimum absolute atomic E-state index is 0.101. The number of likely N-dealkylation sites (tertiary alicyclic amines) is 1. The van der Waals surface area contributed by atoms with E-state index in [2.05, 4.69) is 6.92 Å². The van der Waals surface area contributed by atoms with Gasteiger partial charge >= 0.3 is 0 Å². The van der Waals surface area contributed by atoms with Crippen LogP contribution in [0.4, 0.5) is 11.4 Å². The molecule has 0 spiro atoms. The average Bonchev–Trinajstić information content (AvgIpc) is 2.71. The number of hydrogen-bond acceptors (Lipinski definition) is 4. The maximum Gasteiger partial charge on any atom is 0.270 e. The van der Waals surface area contributed by atoms with Gasteiger partial charge < -0.3 is 10.6 Å². The van der Waals surface area contributed by atoms with Crippen molar-refractivity contribution in [3.05, 3.63) is 33.9 Å². The van der Waals surface area contributed by atoms with Crippen molar-refractivity contribution in [2.45, 2.75) is 45.1 Å². The van der Waals surface area contributed by atoms with Crippen LogP contribution in [0.3, 0.4) is 0 Å². The molecule has 1 aliphatic heterocycles. The van der Waals surface area contributed by atoms with Crippen LogP contribution in [0, 0.1) is 10.1 Å². The molecule has 1 aromatic rings. The predicted octanol–water partition coefficient (Wildman–Crippen LogP) is 2.97. The summed E-state index contributed by atoms with van der Waals surface area (Å²) in [5, 5.41) is 10.9. The SMILES string of the molecule is CCC1CCCCCN1C(=O)c1cc([N+](=O)[O-])ccc1N. The van der Waals surface area contributed by atoms with Crippen LogP contribution in [0.5, 0.6) is 0 Å². The highest BCUT2D eigenvalue weighted by molar-refractivity contribution is 6.00. The Hall–Kier alpha value is -2.11. The number of nitrogens with two attached hydrogens (primary N) is 1. The van der Waals surface area contributed by atoms with E-state index in [0.717, 1.165) is 32.1 Å². The summed E-state index contributed by atoms with van der Waals surface area (Å²) in [6.07, 6.45) is 5.08. The molecule has 6 nitrogen and oxygen atoms in total. The molecule has 2 N–H and O–H groups in total. The van der Waals surface area contributed by atoms with Crippen molar-refractivity contribution >= 4 is 17.3 Å². The third-order valence-corrected chi connectivity index (χ3v) is 4.09. The van der Waals surface area contributed by atoms with Crippen molar-refractivity contribution in [3.8, 4) is 0 Å². The van der Waals surface area contributed by atoms with Gasteiger partial charge in [-0.05, 0) is 25.3 Å². The zero-order chi connectivity index (χ0) is 15.4. The summed E-state index contributed by atoms with van der Waals surface area (Å²) in [5.41, 5.74) is 6.29. The van der Waals surface area contributed by atoms with Crippen LogP contribution in [-0.2, 0) is 0 Å². The number of carbonyl (C=O) groups is 1. The molecule has 114 valence electrons. The van der Waals surface area contributed by atoms with Gasteiger partial charge in [0.2, 0.25) is 0 Å². The Balaban J connectivity index is 2.33. The van der Waals surface area contributed by atoms with Crippen molar-refractivity contribution in [3.63, 3.8) is 0 Å². The van der Waals surface area contributed by atoms with E-state index < -0.39 is 4.92 Å². The summed E-state index contributed by atoms with van der Waals surface area (Å²) < 4.78 is 0. The van der Waals surface area contributed by atoms with E-state index in [-0.39, 0.29) is 23.2 Å². The van der Waals surface area contributed by atoms with Crippen molar-refractivity contribution in [1.82, 2.24) is 4.90 Å². The second-order valence-corrected chi connectivity index (χ2v) is 5.44. The van der Waals surface area contributed by atoms with E-state index in [9.17, 15) is 14.9 Å². The molecule has 1 fully saturated rings. The summed E-state index contributed by atoms with van der Waals surface area (Å²) in [4.78, 5) is 25.0. The van der Waals surface area contributed by atoms with Gasteiger partial charge in [-0.2, -0.15) is 0 Å². The van der Waals surface area contributed by atoms with Gasteiger partial charge in [0.05, 0.1) is 10.5 Å². The zero-order valence-electron chi connectivity index (χ0n) is 12.2. The fraction of sp³-hybridized carbons (Fsp3) is 0.533. The first-order valence-electron chi connectivity index (χ1n) is 7.39. The van der Waals surface area contributed by atoms with Crippen LogP contribution in [0.2, 0.25) is 0 Å². The molecule has 1 aromatic carbocycles. The minimum atomic E-state index is -0.504. The van der Waals surface area contributed by atoms with Crippen molar-refractivity contribution in [2.24, 2.45) is 0 Å². The molecule has 0 saturated carbocycles. The van der Waals surface area contributed by atoms with Gasteiger partial charge in [-0.15, -0.1) is 0 Å². The number of hydrogen-bond donors (Lipinski definition) is 1. The number of anilines is 1. The normalized spacial score (nSPS) is 19.1. The van der Waals surface area contributed by atoms with E-state index in [1.54, 1.807) is 0 Å². The monoisotopic (exact) mass is 291 g/mol. The number of nitro benzene ring substituents is 1. The summed E-state index contributed by atoms with van der Waals surface area (Å²) in [6.45, 7) is 2.76. The zero-order valence-corrected chi connectivity index (χ0v) is 12.2. The van der Waals surface area contributed by atoms with Crippen LogP contribution >= 0.6 is 0 Å². The van der Waals surface area contributed by atoms with E-state index in [4.69, 9.17) is 5.73 Å². The molecule has 1 aliphatic rings. The van der Waals surface area contributed by atoms with E-state index >= 15 is 0 Å². The topological polar surface area (TPSA) is 89.5 Å². The number of nitrogens with zero attached hydrogens (tertiary/aromatic N) is 2. The number of nitrogen functional groups attached to an aromatic ring is 1. The van der Waals surface area contributed by atoms with Gasteiger partial charge in [-0.1, -0.05) is 19.8 Å².